The first-order chi connectivity index (χ1) is 12.7. The molecule has 27 heavy (non-hydrogen) atoms. The molecule has 1 unspecified atom stereocenters. The number of rotatable bonds is 7. The molecule has 1 amide bonds. The first kappa shape index (κ1) is 19.7. The van der Waals surface area contributed by atoms with E-state index in [9.17, 15) is 29.6 Å². The molecule has 11 heteroatoms. The van der Waals surface area contributed by atoms with Gasteiger partial charge in [-0.15, -0.1) is 0 Å². The van der Waals surface area contributed by atoms with E-state index in [-0.39, 0.29) is 29.0 Å². The van der Waals surface area contributed by atoms with Crippen LogP contribution >= 0.6 is 0 Å². The molecule has 0 saturated carbocycles. The van der Waals surface area contributed by atoms with Crippen LogP contribution in [0.4, 0.5) is 10.5 Å². The Hall–Kier alpha value is -3.63. The first-order valence-corrected chi connectivity index (χ1v) is 7.81. The predicted molar refractivity (Wildman–Crippen MR) is 90.3 cm³/mol. The quantitative estimate of drug-likeness (QED) is 0.482. The van der Waals surface area contributed by atoms with Crippen molar-refractivity contribution in [3.63, 3.8) is 0 Å². The van der Waals surface area contributed by atoms with Gasteiger partial charge >= 0.3 is 12.1 Å². The fraction of sp³-hybridized carbons (Fsp3) is 0.312. The monoisotopic (exact) mass is 379 g/mol. The molecule has 0 spiro atoms. The van der Waals surface area contributed by atoms with E-state index in [0.717, 1.165) is 0 Å². The number of hydrogen-bond acceptors (Lipinski definition) is 7. The van der Waals surface area contributed by atoms with Gasteiger partial charge in [-0.05, 0) is 19.9 Å². The molecule has 2 aromatic rings. The highest BCUT2D eigenvalue weighted by Crippen LogP contribution is 2.26. The molecule has 0 aliphatic heterocycles. The Labute approximate surface area is 152 Å². The number of aryl methyl sites for hydroxylation is 1. The van der Waals surface area contributed by atoms with Crippen LogP contribution in [-0.4, -0.2) is 33.3 Å². The fourth-order valence-electron chi connectivity index (χ4n) is 2.44. The van der Waals surface area contributed by atoms with Gasteiger partial charge in [0.15, 0.2) is 0 Å². The highest BCUT2D eigenvalue weighted by atomic mass is 16.6. The standard InChI is InChI=1S/C16H17N3O8/c1-8(10-5-3-4-6-13(10)19(24)25)26-16(23)17-12(15(21)22)7-11-9(2)27-18-14(11)20/h3-6,8,12H,7H2,1-2H3,(H,17,23)(H,18,20)(H,21,22)/t8?,12-/m0/s1. The van der Waals surface area contributed by atoms with Crippen LogP contribution in [0.15, 0.2) is 33.6 Å². The molecule has 0 aliphatic rings. The Morgan fingerprint density at radius 2 is 2.07 bits per heavy atom. The number of nitrogens with zero attached hydrogens (tertiary/aromatic N) is 1. The molecule has 0 fully saturated rings. The molecule has 2 atom stereocenters. The number of ether oxygens (including phenoxy) is 1. The second kappa shape index (κ2) is 8.17. The number of amides is 1. The van der Waals surface area contributed by atoms with Gasteiger partial charge in [-0.25, -0.2) is 9.59 Å². The van der Waals surface area contributed by atoms with Crippen molar-refractivity contribution in [2.45, 2.75) is 32.4 Å². The van der Waals surface area contributed by atoms with Crippen LogP contribution in [0.1, 0.15) is 29.9 Å². The molecular formula is C16H17N3O8. The maximum atomic E-state index is 12.0. The van der Waals surface area contributed by atoms with E-state index in [2.05, 4.69) is 10.5 Å². The number of nitro benzene ring substituents is 1. The molecule has 1 heterocycles. The highest BCUT2D eigenvalue weighted by molar-refractivity contribution is 5.80. The highest BCUT2D eigenvalue weighted by Gasteiger charge is 2.27. The zero-order valence-electron chi connectivity index (χ0n) is 14.4. The minimum Gasteiger partial charge on any atom is -0.480 e. The Morgan fingerprint density at radius 3 is 2.63 bits per heavy atom. The molecule has 1 aromatic heterocycles. The number of hydrogen-bond donors (Lipinski definition) is 3. The van der Waals surface area contributed by atoms with Crippen LogP contribution in [0.2, 0.25) is 0 Å². The number of carbonyl (C=O) groups excluding carboxylic acids is 1. The van der Waals surface area contributed by atoms with Gasteiger partial charge in [-0.2, -0.15) is 5.16 Å². The van der Waals surface area contributed by atoms with Crippen LogP contribution in [0.25, 0.3) is 0 Å². The Kier molecular flexibility index (Phi) is 5.96. The van der Waals surface area contributed by atoms with Gasteiger partial charge in [0.1, 0.15) is 17.9 Å². The number of alkyl carbamates (subject to hydrolysis) is 1. The van der Waals surface area contributed by atoms with Crippen molar-refractivity contribution >= 4 is 17.7 Å². The number of para-hydroxylation sites is 1. The number of H-pyrrole nitrogens is 1. The smallest absolute Gasteiger partial charge is 0.408 e. The second-order valence-electron chi connectivity index (χ2n) is 5.67. The first-order valence-electron chi connectivity index (χ1n) is 7.81. The molecule has 0 bridgehead atoms. The molecule has 0 aliphatic carbocycles. The number of aromatic amines is 1. The van der Waals surface area contributed by atoms with E-state index in [1.165, 1.54) is 32.0 Å². The van der Waals surface area contributed by atoms with E-state index in [1.54, 1.807) is 6.07 Å². The number of carboxylic acid groups (broad SMARTS) is 1. The molecule has 2 rings (SSSR count). The lowest BCUT2D eigenvalue weighted by atomic mass is 10.1. The summed E-state index contributed by atoms with van der Waals surface area (Å²) in [5.41, 5.74) is -0.587. The second-order valence-corrected chi connectivity index (χ2v) is 5.67. The normalized spacial score (nSPS) is 12.8. The van der Waals surface area contributed by atoms with Crippen molar-refractivity contribution in [3.8, 4) is 0 Å². The average molecular weight is 379 g/mol. The van der Waals surface area contributed by atoms with Crippen molar-refractivity contribution in [1.29, 1.82) is 0 Å². The van der Waals surface area contributed by atoms with E-state index < -0.39 is 34.7 Å². The van der Waals surface area contributed by atoms with Crippen molar-refractivity contribution in [1.82, 2.24) is 10.5 Å². The van der Waals surface area contributed by atoms with Crippen LogP contribution in [0.3, 0.4) is 0 Å². The van der Waals surface area contributed by atoms with Gasteiger partial charge < -0.3 is 19.7 Å². The zero-order valence-corrected chi connectivity index (χ0v) is 14.4. The maximum Gasteiger partial charge on any atom is 0.408 e. The molecule has 0 saturated heterocycles. The number of carboxylic acids is 1. The maximum absolute atomic E-state index is 12.0. The summed E-state index contributed by atoms with van der Waals surface area (Å²) in [5, 5.41) is 24.5. The molecular weight excluding hydrogens is 362 g/mol. The fourth-order valence-corrected chi connectivity index (χ4v) is 2.44. The molecule has 144 valence electrons. The summed E-state index contributed by atoms with van der Waals surface area (Å²) in [7, 11) is 0. The van der Waals surface area contributed by atoms with Crippen molar-refractivity contribution in [2.75, 3.05) is 0 Å². The third-order valence-corrected chi connectivity index (χ3v) is 3.85. The lowest BCUT2D eigenvalue weighted by Gasteiger charge is -2.17. The third kappa shape index (κ3) is 4.71. The Morgan fingerprint density at radius 1 is 1.41 bits per heavy atom. The van der Waals surface area contributed by atoms with Gasteiger partial charge in [-0.1, -0.05) is 12.1 Å². The number of carbonyl (C=O) groups is 2. The summed E-state index contributed by atoms with van der Waals surface area (Å²) in [6.07, 6.45) is -2.41. The van der Waals surface area contributed by atoms with Crippen LogP contribution in [-0.2, 0) is 16.0 Å². The van der Waals surface area contributed by atoms with Gasteiger partial charge in [-0.3, -0.25) is 14.9 Å². The van der Waals surface area contributed by atoms with E-state index in [4.69, 9.17) is 9.26 Å². The van der Waals surface area contributed by atoms with Crippen molar-refractivity contribution in [2.24, 2.45) is 0 Å². The lowest BCUT2D eigenvalue weighted by Crippen LogP contribution is -2.43. The van der Waals surface area contributed by atoms with E-state index in [1.807, 2.05) is 0 Å². The lowest BCUT2D eigenvalue weighted by molar-refractivity contribution is -0.386. The van der Waals surface area contributed by atoms with Crippen LogP contribution in [0.5, 0.6) is 0 Å². The summed E-state index contributed by atoms with van der Waals surface area (Å²) >= 11 is 0. The summed E-state index contributed by atoms with van der Waals surface area (Å²) in [6, 6.07) is 4.27. The molecule has 11 nitrogen and oxygen atoms in total. The molecule has 3 N–H and O–H groups in total. The van der Waals surface area contributed by atoms with E-state index in [0.29, 0.717) is 0 Å². The zero-order chi connectivity index (χ0) is 20.1. The van der Waals surface area contributed by atoms with Gasteiger partial charge in [0.05, 0.1) is 16.1 Å². The van der Waals surface area contributed by atoms with Gasteiger partial charge in [0.25, 0.3) is 11.2 Å². The topological polar surface area (TPSA) is 165 Å². The van der Waals surface area contributed by atoms with Crippen LogP contribution < -0.4 is 10.9 Å². The largest absolute Gasteiger partial charge is 0.480 e. The Balaban J connectivity index is 2.09. The summed E-state index contributed by atoms with van der Waals surface area (Å²) < 4.78 is 9.86. The number of aromatic nitrogens is 1. The summed E-state index contributed by atoms with van der Waals surface area (Å²) in [6.45, 7) is 2.89. The number of aliphatic carboxylic acids is 1. The minimum atomic E-state index is -1.45. The van der Waals surface area contributed by atoms with Crippen molar-refractivity contribution in [3.05, 3.63) is 61.6 Å². The van der Waals surface area contributed by atoms with Crippen LogP contribution in [0, 0.1) is 17.0 Å². The average Bonchev–Trinajstić information content (AvgIpc) is 2.92. The number of nitro groups is 1. The summed E-state index contributed by atoms with van der Waals surface area (Å²) in [5.74, 6) is -1.18. The van der Waals surface area contributed by atoms with E-state index >= 15 is 0 Å². The van der Waals surface area contributed by atoms with Crippen molar-refractivity contribution < 1.29 is 28.9 Å². The molecule has 0 radical (unpaired) electrons. The third-order valence-electron chi connectivity index (χ3n) is 3.85. The SMILES string of the molecule is Cc1o[nH]c(=O)c1C[C@H](NC(=O)OC(C)c1ccccc1[N+](=O)[O-])C(=O)O. The predicted octanol–water partition coefficient (Wildman–Crippen LogP) is 1.67. The van der Waals surface area contributed by atoms with Gasteiger partial charge in [0.2, 0.25) is 0 Å². The van der Waals surface area contributed by atoms with Gasteiger partial charge in [0, 0.05) is 12.5 Å². The Bertz CT molecular complexity index is 916. The minimum absolute atomic E-state index is 0.0782. The number of nitrogens with one attached hydrogen (secondary N) is 2. The summed E-state index contributed by atoms with van der Waals surface area (Å²) in [4.78, 5) is 45.5. The molecule has 1 aromatic carbocycles. The number of benzene rings is 1.